The molecule has 8 heteroatoms. The zero-order chi connectivity index (χ0) is 20.6. The van der Waals surface area contributed by atoms with Gasteiger partial charge in [0.05, 0.1) is 13.3 Å². The molecule has 0 fully saturated rings. The fourth-order valence-electron chi connectivity index (χ4n) is 2.96. The molecule has 29 heavy (non-hydrogen) atoms. The SMILES string of the molecule is COc1ccc(N=c2scc(CN(C)Cc3ccc(Cl)cc3)n2CCCN)nc1. The van der Waals surface area contributed by atoms with E-state index in [1.165, 1.54) is 11.3 Å². The molecule has 6 nitrogen and oxygen atoms in total. The second kappa shape index (κ2) is 10.5. The predicted octanol–water partition coefficient (Wildman–Crippen LogP) is 3.82. The highest BCUT2D eigenvalue weighted by Crippen LogP contribution is 2.15. The maximum atomic E-state index is 5.99. The van der Waals surface area contributed by atoms with Gasteiger partial charge in [0.25, 0.3) is 0 Å². The van der Waals surface area contributed by atoms with Crippen LogP contribution in [0, 0.1) is 0 Å². The molecule has 2 aromatic heterocycles. The fourth-order valence-corrected chi connectivity index (χ4v) is 4.01. The summed E-state index contributed by atoms with van der Waals surface area (Å²) in [4.78, 5) is 12.3. The van der Waals surface area contributed by atoms with Crippen LogP contribution in [-0.4, -0.2) is 35.2 Å². The molecule has 0 amide bonds. The van der Waals surface area contributed by atoms with E-state index in [4.69, 9.17) is 27.1 Å². The zero-order valence-corrected chi connectivity index (χ0v) is 18.3. The predicted molar refractivity (Wildman–Crippen MR) is 119 cm³/mol. The van der Waals surface area contributed by atoms with E-state index in [0.717, 1.165) is 41.6 Å². The van der Waals surface area contributed by atoms with E-state index < -0.39 is 0 Å². The number of thiazole rings is 1. The van der Waals surface area contributed by atoms with Crippen LogP contribution in [0.5, 0.6) is 5.75 Å². The van der Waals surface area contributed by atoms with Crippen molar-refractivity contribution in [3.8, 4) is 5.75 Å². The van der Waals surface area contributed by atoms with E-state index in [1.807, 2.05) is 24.3 Å². The summed E-state index contributed by atoms with van der Waals surface area (Å²) in [6.45, 7) is 3.13. The Morgan fingerprint density at radius 1 is 1.21 bits per heavy atom. The van der Waals surface area contributed by atoms with Crippen molar-refractivity contribution in [2.75, 3.05) is 20.7 Å². The standard InChI is InChI=1S/C21H26ClN5OS/c1-26(13-16-4-6-17(22)7-5-16)14-18-15-29-21(27(18)11-3-10-23)25-20-9-8-19(28-2)12-24-20/h4-9,12,15H,3,10-11,13-14,23H2,1-2H3. The third-order valence-corrected chi connectivity index (χ3v) is 5.59. The normalized spacial score (nSPS) is 12.0. The van der Waals surface area contributed by atoms with Gasteiger partial charge in [0.2, 0.25) is 0 Å². The molecule has 3 rings (SSSR count). The lowest BCUT2D eigenvalue weighted by atomic mass is 10.2. The minimum atomic E-state index is 0.642. The van der Waals surface area contributed by atoms with Crippen LogP contribution >= 0.6 is 22.9 Å². The molecule has 0 spiro atoms. The highest BCUT2D eigenvalue weighted by Gasteiger charge is 2.09. The second-order valence-electron chi connectivity index (χ2n) is 6.77. The summed E-state index contributed by atoms with van der Waals surface area (Å²) in [5, 5.41) is 2.92. The number of halogens is 1. The van der Waals surface area contributed by atoms with E-state index >= 15 is 0 Å². The topological polar surface area (TPSA) is 68.7 Å². The van der Waals surface area contributed by atoms with Crippen LogP contribution < -0.4 is 15.3 Å². The van der Waals surface area contributed by atoms with Gasteiger partial charge in [0, 0.05) is 35.7 Å². The van der Waals surface area contributed by atoms with Crippen LogP contribution in [-0.2, 0) is 19.6 Å². The zero-order valence-electron chi connectivity index (χ0n) is 16.7. The first-order valence-electron chi connectivity index (χ1n) is 9.44. The average molecular weight is 432 g/mol. The molecule has 0 saturated carbocycles. The Kier molecular flexibility index (Phi) is 7.83. The Morgan fingerprint density at radius 2 is 2.00 bits per heavy atom. The molecule has 0 saturated heterocycles. The van der Waals surface area contributed by atoms with Crippen LogP contribution in [0.15, 0.2) is 53.0 Å². The van der Waals surface area contributed by atoms with Gasteiger partial charge in [-0.25, -0.2) is 9.98 Å². The molecule has 0 aliphatic heterocycles. The van der Waals surface area contributed by atoms with Gasteiger partial charge in [-0.1, -0.05) is 23.7 Å². The van der Waals surface area contributed by atoms with Crippen LogP contribution in [0.4, 0.5) is 5.82 Å². The third kappa shape index (κ3) is 6.14. The summed E-state index contributed by atoms with van der Waals surface area (Å²) in [6, 6.07) is 11.7. The van der Waals surface area contributed by atoms with E-state index in [2.05, 4.69) is 39.0 Å². The number of hydrogen-bond acceptors (Lipinski definition) is 6. The van der Waals surface area contributed by atoms with Crippen molar-refractivity contribution < 1.29 is 4.74 Å². The van der Waals surface area contributed by atoms with Crippen LogP contribution in [0.3, 0.4) is 0 Å². The number of benzene rings is 1. The summed E-state index contributed by atoms with van der Waals surface area (Å²) in [7, 11) is 3.74. The fraction of sp³-hybridized carbons (Fsp3) is 0.333. The minimum Gasteiger partial charge on any atom is -0.495 e. The third-order valence-electron chi connectivity index (χ3n) is 4.43. The highest BCUT2D eigenvalue weighted by molar-refractivity contribution is 7.07. The molecule has 154 valence electrons. The lowest BCUT2D eigenvalue weighted by molar-refractivity contribution is 0.308. The van der Waals surface area contributed by atoms with E-state index in [9.17, 15) is 0 Å². The van der Waals surface area contributed by atoms with Gasteiger partial charge < -0.3 is 15.0 Å². The molecule has 2 heterocycles. The number of hydrogen-bond donors (Lipinski definition) is 1. The quantitative estimate of drug-likeness (QED) is 0.559. The van der Waals surface area contributed by atoms with Gasteiger partial charge in [-0.3, -0.25) is 4.90 Å². The van der Waals surface area contributed by atoms with E-state index in [1.54, 1.807) is 24.6 Å². The maximum absolute atomic E-state index is 5.99. The number of rotatable bonds is 9. The number of ether oxygens (including phenoxy) is 1. The first kappa shape index (κ1) is 21.5. The van der Waals surface area contributed by atoms with Crippen molar-refractivity contribution in [3.05, 3.63) is 69.1 Å². The lowest BCUT2D eigenvalue weighted by Crippen LogP contribution is -2.24. The van der Waals surface area contributed by atoms with E-state index in [0.29, 0.717) is 12.4 Å². The number of nitrogens with zero attached hydrogens (tertiary/aromatic N) is 4. The molecule has 1 aromatic carbocycles. The van der Waals surface area contributed by atoms with Crippen molar-refractivity contribution >= 4 is 28.8 Å². The molecular formula is C21H26ClN5OS. The average Bonchev–Trinajstić information content (AvgIpc) is 3.09. The molecule has 0 unspecified atom stereocenters. The number of nitrogens with two attached hydrogens (primary N) is 1. The Balaban J connectivity index is 1.80. The minimum absolute atomic E-state index is 0.642. The van der Waals surface area contributed by atoms with Crippen molar-refractivity contribution in [2.24, 2.45) is 10.7 Å². The Labute approximate surface area is 180 Å². The molecule has 0 aliphatic rings. The Hall–Kier alpha value is -2.19. The molecule has 2 N–H and O–H groups in total. The van der Waals surface area contributed by atoms with Crippen molar-refractivity contribution in [2.45, 2.75) is 26.1 Å². The van der Waals surface area contributed by atoms with E-state index in [-0.39, 0.29) is 0 Å². The van der Waals surface area contributed by atoms with Crippen LogP contribution in [0.1, 0.15) is 17.7 Å². The van der Waals surface area contributed by atoms with Crippen molar-refractivity contribution in [1.29, 1.82) is 0 Å². The van der Waals surface area contributed by atoms with Crippen LogP contribution in [0.25, 0.3) is 0 Å². The van der Waals surface area contributed by atoms with Gasteiger partial charge in [-0.15, -0.1) is 11.3 Å². The van der Waals surface area contributed by atoms with Gasteiger partial charge in [0.15, 0.2) is 10.6 Å². The summed E-state index contributed by atoms with van der Waals surface area (Å²) in [5.74, 6) is 1.38. The molecular weight excluding hydrogens is 406 g/mol. The number of aromatic nitrogens is 2. The first-order chi connectivity index (χ1) is 14.1. The van der Waals surface area contributed by atoms with Gasteiger partial charge in [0.1, 0.15) is 5.75 Å². The Bertz CT molecular complexity index is 966. The molecule has 0 bridgehead atoms. The molecule has 0 atom stereocenters. The lowest BCUT2D eigenvalue weighted by Gasteiger charge is -2.18. The maximum Gasteiger partial charge on any atom is 0.191 e. The molecule has 3 aromatic rings. The number of methoxy groups -OCH3 is 1. The number of pyridine rings is 1. The summed E-state index contributed by atoms with van der Waals surface area (Å²) in [5.41, 5.74) is 8.20. The monoisotopic (exact) mass is 431 g/mol. The largest absolute Gasteiger partial charge is 0.495 e. The first-order valence-corrected chi connectivity index (χ1v) is 10.7. The summed E-state index contributed by atoms with van der Waals surface area (Å²) >= 11 is 7.61. The summed E-state index contributed by atoms with van der Waals surface area (Å²) in [6.07, 6.45) is 2.57. The van der Waals surface area contributed by atoms with Crippen molar-refractivity contribution in [3.63, 3.8) is 0 Å². The Morgan fingerprint density at radius 3 is 2.66 bits per heavy atom. The van der Waals surface area contributed by atoms with Crippen LogP contribution in [0.2, 0.25) is 5.02 Å². The summed E-state index contributed by atoms with van der Waals surface area (Å²) < 4.78 is 7.40. The van der Waals surface area contributed by atoms with Gasteiger partial charge in [-0.2, -0.15) is 0 Å². The molecule has 0 aliphatic carbocycles. The van der Waals surface area contributed by atoms with Gasteiger partial charge in [-0.05, 0) is 49.8 Å². The van der Waals surface area contributed by atoms with Crippen molar-refractivity contribution in [1.82, 2.24) is 14.5 Å². The highest BCUT2D eigenvalue weighted by atomic mass is 35.5. The smallest absolute Gasteiger partial charge is 0.191 e. The molecule has 0 radical (unpaired) electrons. The van der Waals surface area contributed by atoms with Gasteiger partial charge >= 0.3 is 0 Å². The second-order valence-corrected chi connectivity index (χ2v) is 8.04.